The van der Waals surface area contributed by atoms with E-state index in [4.69, 9.17) is 4.74 Å². The van der Waals surface area contributed by atoms with Crippen molar-refractivity contribution >= 4 is 11.6 Å². The average molecular weight is 335 g/mol. The molecule has 0 unspecified atom stereocenters. The third-order valence-electron chi connectivity index (χ3n) is 3.83. The van der Waals surface area contributed by atoms with Crippen LogP contribution < -0.4 is 5.32 Å². The highest BCUT2D eigenvalue weighted by Crippen LogP contribution is 2.13. The Morgan fingerprint density at radius 3 is 2.72 bits per heavy atom. The van der Waals surface area contributed by atoms with Gasteiger partial charge in [0.05, 0.1) is 12.9 Å². The largest absolute Gasteiger partial charge is 0.364 e. The zero-order valence-corrected chi connectivity index (χ0v) is 14.1. The lowest BCUT2D eigenvalue weighted by molar-refractivity contribution is -0.127. The van der Waals surface area contributed by atoms with Gasteiger partial charge in [0.2, 0.25) is 0 Å². The van der Waals surface area contributed by atoms with Gasteiger partial charge in [-0.05, 0) is 30.2 Å². The lowest BCUT2D eigenvalue weighted by Crippen LogP contribution is -2.27. The van der Waals surface area contributed by atoms with E-state index in [1.165, 1.54) is 0 Å². The fourth-order valence-corrected chi connectivity index (χ4v) is 2.45. The number of aromatic nitrogens is 2. The van der Waals surface area contributed by atoms with Crippen molar-refractivity contribution in [2.24, 2.45) is 0 Å². The van der Waals surface area contributed by atoms with Crippen LogP contribution in [0.15, 0.2) is 73.3 Å². The summed E-state index contributed by atoms with van der Waals surface area (Å²) >= 11 is 0. The molecule has 0 aliphatic carbocycles. The first-order valence-corrected chi connectivity index (χ1v) is 8.22. The van der Waals surface area contributed by atoms with Crippen LogP contribution in [-0.2, 0) is 22.7 Å². The minimum atomic E-state index is -0.530. The number of imidazole rings is 1. The molecule has 5 heteroatoms. The predicted molar refractivity (Wildman–Crippen MR) is 97.1 cm³/mol. The maximum absolute atomic E-state index is 12.3. The minimum absolute atomic E-state index is 0.157. The number of hydrogen-bond acceptors (Lipinski definition) is 3. The van der Waals surface area contributed by atoms with Crippen LogP contribution in [0, 0.1) is 0 Å². The zero-order chi connectivity index (χ0) is 17.5. The van der Waals surface area contributed by atoms with Crippen molar-refractivity contribution in [3.8, 4) is 0 Å². The lowest BCUT2D eigenvalue weighted by Gasteiger charge is -2.14. The molecule has 25 heavy (non-hydrogen) atoms. The fraction of sp³-hybridized carbons (Fsp3) is 0.200. The highest BCUT2D eigenvalue weighted by atomic mass is 16.5. The smallest absolute Gasteiger partial charge is 0.253 e. The van der Waals surface area contributed by atoms with Crippen LogP contribution in [0.4, 0.5) is 5.69 Å². The van der Waals surface area contributed by atoms with Gasteiger partial charge >= 0.3 is 0 Å². The summed E-state index contributed by atoms with van der Waals surface area (Å²) in [5.41, 5.74) is 2.90. The van der Waals surface area contributed by atoms with E-state index in [2.05, 4.69) is 10.3 Å². The highest BCUT2D eigenvalue weighted by Gasteiger charge is 2.13. The van der Waals surface area contributed by atoms with Crippen LogP contribution in [0.1, 0.15) is 18.1 Å². The average Bonchev–Trinajstić information content (AvgIpc) is 3.14. The number of nitrogens with zero attached hydrogens (tertiary/aromatic N) is 2. The van der Waals surface area contributed by atoms with Crippen LogP contribution in [0.2, 0.25) is 0 Å². The van der Waals surface area contributed by atoms with E-state index in [0.717, 1.165) is 16.8 Å². The molecule has 128 valence electrons. The Kier molecular flexibility index (Phi) is 5.59. The number of carbonyl (C=O) groups excluding carboxylic acids is 1. The molecule has 0 aliphatic rings. The molecule has 1 aromatic heterocycles. The molecule has 0 saturated heterocycles. The van der Waals surface area contributed by atoms with Gasteiger partial charge in [0.15, 0.2) is 0 Å². The van der Waals surface area contributed by atoms with Crippen LogP contribution in [0.25, 0.3) is 0 Å². The Morgan fingerprint density at radius 1 is 1.16 bits per heavy atom. The number of hydrogen-bond donors (Lipinski definition) is 1. The first-order chi connectivity index (χ1) is 12.2. The molecular weight excluding hydrogens is 314 g/mol. The molecule has 0 bridgehead atoms. The Morgan fingerprint density at radius 2 is 1.96 bits per heavy atom. The van der Waals surface area contributed by atoms with Crippen molar-refractivity contribution in [3.05, 3.63) is 84.4 Å². The number of rotatable bonds is 7. The first kappa shape index (κ1) is 16.9. The van der Waals surface area contributed by atoms with Gasteiger partial charge in [-0.3, -0.25) is 4.79 Å². The van der Waals surface area contributed by atoms with Crippen LogP contribution >= 0.6 is 0 Å². The number of amides is 1. The SMILES string of the molecule is C[C@H](OCc1ccccc1)C(=O)Nc1cccc(Cn2ccnc2)c1. The minimum Gasteiger partial charge on any atom is -0.364 e. The summed E-state index contributed by atoms with van der Waals surface area (Å²) in [6.45, 7) is 2.88. The van der Waals surface area contributed by atoms with Gasteiger partial charge in [0, 0.05) is 24.6 Å². The first-order valence-electron chi connectivity index (χ1n) is 8.22. The summed E-state index contributed by atoms with van der Waals surface area (Å²) in [5, 5.41) is 2.91. The molecule has 1 atom stereocenters. The second kappa shape index (κ2) is 8.26. The van der Waals surface area contributed by atoms with Gasteiger partial charge in [-0.15, -0.1) is 0 Å². The monoisotopic (exact) mass is 335 g/mol. The second-order valence-corrected chi connectivity index (χ2v) is 5.86. The molecule has 0 radical (unpaired) electrons. The summed E-state index contributed by atoms with van der Waals surface area (Å²) in [7, 11) is 0. The summed E-state index contributed by atoms with van der Waals surface area (Å²) in [6.07, 6.45) is 4.89. The zero-order valence-electron chi connectivity index (χ0n) is 14.1. The van der Waals surface area contributed by atoms with Crippen LogP contribution in [-0.4, -0.2) is 21.6 Å². The van der Waals surface area contributed by atoms with Crippen molar-refractivity contribution in [2.45, 2.75) is 26.2 Å². The van der Waals surface area contributed by atoms with E-state index in [1.807, 2.05) is 65.4 Å². The molecule has 0 saturated carbocycles. The van der Waals surface area contributed by atoms with Crippen molar-refractivity contribution in [1.82, 2.24) is 9.55 Å². The Bertz CT molecular complexity index is 801. The van der Waals surface area contributed by atoms with Gasteiger partial charge in [-0.2, -0.15) is 0 Å². The summed E-state index contributed by atoms with van der Waals surface area (Å²) < 4.78 is 7.63. The van der Waals surface area contributed by atoms with Gasteiger partial charge < -0.3 is 14.6 Å². The van der Waals surface area contributed by atoms with E-state index in [0.29, 0.717) is 13.2 Å². The van der Waals surface area contributed by atoms with Gasteiger partial charge in [0.1, 0.15) is 6.10 Å². The van der Waals surface area contributed by atoms with Crippen LogP contribution in [0.5, 0.6) is 0 Å². The Balaban J connectivity index is 1.55. The summed E-state index contributed by atoms with van der Waals surface area (Å²) in [6, 6.07) is 17.6. The van der Waals surface area contributed by atoms with Crippen molar-refractivity contribution in [3.63, 3.8) is 0 Å². The van der Waals surface area contributed by atoms with E-state index in [-0.39, 0.29) is 5.91 Å². The van der Waals surface area contributed by atoms with Crippen molar-refractivity contribution in [2.75, 3.05) is 5.32 Å². The maximum Gasteiger partial charge on any atom is 0.253 e. The molecule has 2 aromatic carbocycles. The van der Waals surface area contributed by atoms with E-state index >= 15 is 0 Å². The number of ether oxygens (including phenoxy) is 1. The standard InChI is InChI=1S/C20H21N3O2/c1-16(25-14-17-6-3-2-4-7-17)20(24)22-19-9-5-8-18(12-19)13-23-11-10-21-15-23/h2-12,15-16H,13-14H2,1H3,(H,22,24)/t16-/m0/s1. The molecule has 1 N–H and O–H groups in total. The van der Waals surface area contributed by atoms with E-state index < -0.39 is 6.10 Å². The number of benzene rings is 2. The third kappa shape index (κ3) is 5.02. The molecule has 1 amide bonds. The Hall–Kier alpha value is -2.92. The van der Waals surface area contributed by atoms with Crippen LogP contribution in [0.3, 0.4) is 0 Å². The fourth-order valence-electron chi connectivity index (χ4n) is 2.45. The molecule has 0 spiro atoms. The van der Waals surface area contributed by atoms with E-state index in [1.54, 1.807) is 19.4 Å². The second-order valence-electron chi connectivity index (χ2n) is 5.86. The summed E-state index contributed by atoms with van der Waals surface area (Å²) in [4.78, 5) is 16.3. The highest BCUT2D eigenvalue weighted by molar-refractivity contribution is 5.93. The molecule has 3 rings (SSSR count). The predicted octanol–water partition coefficient (Wildman–Crippen LogP) is 3.48. The molecule has 0 fully saturated rings. The Labute approximate surface area is 147 Å². The number of nitrogens with one attached hydrogen (secondary N) is 1. The molecule has 0 aliphatic heterocycles. The summed E-state index contributed by atoms with van der Waals surface area (Å²) in [5.74, 6) is -0.157. The lowest BCUT2D eigenvalue weighted by atomic mass is 10.2. The molecule has 3 aromatic rings. The maximum atomic E-state index is 12.3. The molecule has 1 heterocycles. The number of anilines is 1. The van der Waals surface area contributed by atoms with Gasteiger partial charge in [0.25, 0.3) is 5.91 Å². The van der Waals surface area contributed by atoms with E-state index in [9.17, 15) is 4.79 Å². The van der Waals surface area contributed by atoms with Crippen molar-refractivity contribution in [1.29, 1.82) is 0 Å². The quantitative estimate of drug-likeness (QED) is 0.719. The molecule has 5 nitrogen and oxygen atoms in total. The molecular formula is C20H21N3O2. The number of carbonyl (C=O) groups is 1. The van der Waals surface area contributed by atoms with Gasteiger partial charge in [-0.1, -0.05) is 42.5 Å². The third-order valence-corrected chi connectivity index (χ3v) is 3.83. The van der Waals surface area contributed by atoms with Crippen molar-refractivity contribution < 1.29 is 9.53 Å². The topological polar surface area (TPSA) is 56.1 Å². The van der Waals surface area contributed by atoms with Gasteiger partial charge in [-0.25, -0.2) is 4.98 Å². The normalized spacial score (nSPS) is 11.9.